The third-order valence-electron chi connectivity index (χ3n) is 5.77. The van der Waals surface area contributed by atoms with Crippen molar-refractivity contribution in [1.82, 2.24) is 19.1 Å². The average Bonchev–Trinajstić information content (AvgIpc) is 2.96. The summed E-state index contributed by atoms with van der Waals surface area (Å²) in [5.74, 6) is 1.33. The smallest absolute Gasteiger partial charge is 0.242 e. The Morgan fingerprint density at radius 2 is 1.93 bits per heavy atom. The van der Waals surface area contributed by atoms with Gasteiger partial charge in [-0.05, 0) is 43.9 Å². The Morgan fingerprint density at radius 3 is 2.73 bits per heavy atom. The zero-order valence-electron chi connectivity index (χ0n) is 17.0. The molecular formula is C20H26ClN5O3S. The van der Waals surface area contributed by atoms with Crippen molar-refractivity contribution in [3.63, 3.8) is 0 Å². The number of carbonyl (C=O) groups is 1. The molecule has 1 unspecified atom stereocenters. The first-order valence-corrected chi connectivity index (χ1v) is 12.6. The summed E-state index contributed by atoms with van der Waals surface area (Å²) in [4.78, 5) is 12.9. The number of sulfonamides is 1. The van der Waals surface area contributed by atoms with E-state index < -0.39 is 16.1 Å². The first-order chi connectivity index (χ1) is 14.3. The minimum absolute atomic E-state index is 0.325. The van der Waals surface area contributed by atoms with Gasteiger partial charge in [0.15, 0.2) is 5.82 Å². The number of hydrogen-bond donors (Lipinski definition) is 1. The van der Waals surface area contributed by atoms with Crippen LogP contribution < -0.4 is 5.32 Å². The van der Waals surface area contributed by atoms with E-state index in [1.807, 2.05) is 0 Å². The third kappa shape index (κ3) is 4.38. The van der Waals surface area contributed by atoms with Crippen LogP contribution in [0.5, 0.6) is 0 Å². The van der Waals surface area contributed by atoms with Crippen LogP contribution >= 0.6 is 11.6 Å². The van der Waals surface area contributed by atoms with E-state index in [2.05, 4.69) is 20.1 Å². The van der Waals surface area contributed by atoms with Gasteiger partial charge in [0, 0.05) is 30.8 Å². The van der Waals surface area contributed by atoms with Crippen LogP contribution in [0.15, 0.2) is 18.2 Å². The average molecular weight is 452 g/mol. The predicted octanol–water partition coefficient (Wildman–Crippen LogP) is 3.08. The first-order valence-electron chi connectivity index (χ1n) is 10.3. The Morgan fingerprint density at radius 1 is 1.13 bits per heavy atom. The first kappa shape index (κ1) is 21.3. The lowest BCUT2D eigenvalue weighted by molar-refractivity contribution is -0.120. The summed E-state index contributed by atoms with van der Waals surface area (Å²) in [6.07, 6.45) is 7.46. The van der Waals surface area contributed by atoms with Gasteiger partial charge in [0.1, 0.15) is 11.9 Å². The molecular weight excluding hydrogens is 426 g/mol. The van der Waals surface area contributed by atoms with Crippen LogP contribution in [0.3, 0.4) is 0 Å². The Balaban J connectivity index is 1.60. The fourth-order valence-corrected chi connectivity index (χ4v) is 5.57. The van der Waals surface area contributed by atoms with Gasteiger partial charge < -0.3 is 9.88 Å². The number of halogens is 1. The summed E-state index contributed by atoms with van der Waals surface area (Å²) in [5, 5.41) is 12.1. The Bertz CT molecular complexity index is 1050. The highest BCUT2D eigenvalue weighted by molar-refractivity contribution is 7.88. The molecule has 1 N–H and O–H groups in total. The van der Waals surface area contributed by atoms with Gasteiger partial charge in [-0.25, -0.2) is 8.42 Å². The fourth-order valence-electron chi connectivity index (χ4n) is 4.25. The van der Waals surface area contributed by atoms with Gasteiger partial charge in [0.2, 0.25) is 15.9 Å². The van der Waals surface area contributed by atoms with E-state index in [1.54, 1.807) is 18.2 Å². The number of fused-ring (bicyclic) bond motifs is 1. The summed E-state index contributed by atoms with van der Waals surface area (Å²) in [6, 6.07) is 4.53. The predicted molar refractivity (Wildman–Crippen MR) is 116 cm³/mol. The van der Waals surface area contributed by atoms with Gasteiger partial charge in [0.25, 0.3) is 0 Å². The van der Waals surface area contributed by atoms with Gasteiger partial charge >= 0.3 is 0 Å². The number of piperidine rings is 1. The van der Waals surface area contributed by atoms with Crippen molar-refractivity contribution < 1.29 is 13.2 Å². The number of hydrogen-bond acceptors (Lipinski definition) is 5. The summed E-state index contributed by atoms with van der Waals surface area (Å²) in [7, 11) is -3.45. The molecule has 1 fully saturated rings. The molecule has 0 aliphatic carbocycles. The molecule has 0 radical (unpaired) electrons. The van der Waals surface area contributed by atoms with Gasteiger partial charge in [-0.1, -0.05) is 24.4 Å². The van der Waals surface area contributed by atoms with E-state index in [0.717, 1.165) is 57.1 Å². The quantitative estimate of drug-likeness (QED) is 0.770. The highest BCUT2D eigenvalue weighted by atomic mass is 35.5. The molecule has 2 aliphatic rings. The van der Waals surface area contributed by atoms with Gasteiger partial charge in [-0.15, -0.1) is 10.2 Å². The molecule has 1 saturated heterocycles. The molecule has 1 amide bonds. The van der Waals surface area contributed by atoms with E-state index in [4.69, 9.17) is 11.6 Å². The monoisotopic (exact) mass is 451 g/mol. The second kappa shape index (κ2) is 8.64. The molecule has 0 saturated carbocycles. The van der Waals surface area contributed by atoms with Crippen LogP contribution in [-0.4, -0.2) is 52.2 Å². The lowest BCUT2D eigenvalue weighted by Gasteiger charge is -2.32. The van der Waals surface area contributed by atoms with Gasteiger partial charge in [-0.3, -0.25) is 4.79 Å². The number of nitrogens with zero attached hydrogens (tertiary/aromatic N) is 4. The standard InChI is InChI=1S/C20H26ClN5O3S/c1-30(28,29)26-12-6-4-7-17(26)20(27)22-14-9-10-16(21)15(13-14)19-24-23-18-8-3-2-5-11-25(18)19/h9-10,13,17H,2-8,11-12H2,1H3,(H,22,27). The van der Waals surface area contributed by atoms with Gasteiger partial charge in [0.05, 0.1) is 11.3 Å². The van der Waals surface area contributed by atoms with Crippen molar-refractivity contribution in [3.8, 4) is 11.4 Å². The largest absolute Gasteiger partial charge is 0.325 e. The second-order valence-corrected chi connectivity index (χ2v) is 10.3. The van der Waals surface area contributed by atoms with Crippen LogP contribution in [-0.2, 0) is 27.8 Å². The van der Waals surface area contributed by atoms with Crippen LogP contribution in [0, 0.1) is 0 Å². The molecule has 1 aromatic heterocycles. The lowest BCUT2D eigenvalue weighted by atomic mass is 10.0. The maximum Gasteiger partial charge on any atom is 0.242 e. The van der Waals surface area contributed by atoms with Gasteiger partial charge in [-0.2, -0.15) is 4.31 Å². The van der Waals surface area contributed by atoms with Crippen LogP contribution in [0.4, 0.5) is 5.69 Å². The van der Waals surface area contributed by atoms with Crippen molar-refractivity contribution in [3.05, 3.63) is 29.0 Å². The topological polar surface area (TPSA) is 97.2 Å². The highest BCUT2D eigenvalue weighted by Crippen LogP contribution is 2.32. The Labute approximate surface area is 181 Å². The van der Waals surface area contributed by atoms with Crippen LogP contribution in [0.1, 0.15) is 44.3 Å². The zero-order valence-corrected chi connectivity index (χ0v) is 18.5. The maximum atomic E-state index is 12.9. The number of amides is 1. The highest BCUT2D eigenvalue weighted by Gasteiger charge is 2.34. The van der Waals surface area contributed by atoms with Crippen molar-refractivity contribution in [2.75, 3.05) is 18.1 Å². The molecule has 10 heteroatoms. The molecule has 2 aliphatic heterocycles. The molecule has 1 atom stereocenters. The third-order valence-corrected chi connectivity index (χ3v) is 7.39. The maximum absolute atomic E-state index is 12.9. The van der Waals surface area contributed by atoms with E-state index in [0.29, 0.717) is 35.1 Å². The molecule has 0 bridgehead atoms. The Hall–Kier alpha value is -1.97. The summed E-state index contributed by atoms with van der Waals surface area (Å²) in [5.41, 5.74) is 1.27. The number of rotatable bonds is 4. The molecule has 8 nitrogen and oxygen atoms in total. The number of nitrogens with one attached hydrogen (secondary N) is 1. The molecule has 3 heterocycles. The van der Waals surface area contributed by atoms with Crippen molar-refractivity contribution in [2.24, 2.45) is 0 Å². The SMILES string of the molecule is CS(=O)(=O)N1CCCCC1C(=O)Nc1ccc(Cl)c(-c2nnc3n2CCCCC3)c1. The number of benzene rings is 1. The zero-order chi connectivity index (χ0) is 21.3. The van der Waals surface area contributed by atoms with E-state index in [-0.39, 0.29) is 5.91 Å². The molecule has 0 spiro atoms. The van der Waals surface area contributed by atoms with Crippen LogP contribution in [0.2, 0.25) is 5.02 Å². The normalized spacial score (nSPS) is 20.4. The van der Waals surface area contributed by atoms with Crippen molar-refractivity contribution >= 4 is 33.2 Å². The van der Waals surface area contributed by atoms with Crippen molar-refractivity contribution in [2.45, 2.75) is 57.5 Å². The number of carbonyl (C=O) groups excluding carboxylic acids is 1. The minimum Gasteiger partial charge on any atom is -0.325 e. The number of aryl methyl sites for hydroxylation is 1. The summed E-state index contributed by atoms with van der Waals surface area (Å²) >= 11 is 6.46. The van der Waals surface area contributed by atoms with E-state index >= 15 is 0 Å². The fraction of sp³-hybridized carbons (Fsp3) is 0.550. The summed E-state index contributed by atoms with van der Waals surface area (Å²) in [6.45, 7) is 1.21. The minimum atomic E-state index is -3.45. The molecule has 162 valence electrons. The van der Waals surface area contributed by atoms with Crippen molar-refractivity contribution in [1.29, 1.82) is 0 Å². The molecule has 30 heavy (non-hydrogen) atoms. The molecule has 1 aromatic carbocycles. The summed E-state index contributed by atoms with van der Waals surface area (Å²) < 4.78 is 27.6. The van der Waals surface area contributed by atoms with E-state index in [1.165, 1.54) is 4.31 Å². The molecule has 4 rings (SSSR count). The lowest BCUT2D eigenvalue weighted by Crippen LogP contribution is -2.49. The second-order valence-electron chi connectivity index (χ2n) is 7.97. The number of anilines is 1. The number of aromatic nitrogens is 3. The molecule has 2 aromatic rings. The van der Waals surface area contributed by atoms with E-state index in [9.17, 15) is 13.2 Å². The van der Waals surface area contributed by atoms with Crippen LogP contribution in [0.25, 0.3) is 11.4 Å². The Kier molecular flexibility index (Phi) is 6.13.